The van der Waals surface area contributed by atoms with E-state index in [1.807, 2.05) is 66.2 Å². The van der Waals surface area contributed by atoms with Crippen LogP contribution in [0.25, 0.3) is 22.3 Å². The van der Waals surface area contributed by atoms with E-state index in [4.69, 9.17) is 4.74 Å². The number of rotatable bonds is 3. The Morgan fingerprint density at radius 3 is 2.52 bits per heavy atom. The Morgan fingerprint density at radius 1 is 0.870 bits per heavy atom. The number of hydrogen-bond acceptors (Lipinski definition) is 3. The molecule has 112 valence electrons. The van der Waals surface area contributed by atoms with Gasteiger partial charge in [0.1, 0.15) is 11.3 Å². The smallest absolute Gasteiger partial charge is 0.221 e. The predicted octanol–water partition coefficient (Wildman–Crippen LogP) is 4.43. The quantitative estimate of drug-likeness (QED) is 0.562. The van der Waals surface area contributed by atoms with Crippen molar-refractivity contribution in [3.63, 3.8) is 0 Å². The average Bonchev–Trinajstić information content (AvgIpc) is 2.97. The van der Waals surface area contributed by atoms with Crippen LogP contribution in [0, 0.1) is 0 Å². The molecule has 4 heteroatoms. The van der Waals surface area contributed by atoms with Gasteiger partial charge in [0.05, 0.1) is 6.33 Å². The predicted molar refractivity (Wildman–Crippen MR) is 90.5 cm³/mol. The molecule has 0 bridgehead atoms. The number of imidazole rings is 1. The van der Waals surface area contributed by atoms with Crippen molar-refractivity contribution >= 4 is 11.2 Å². The summed E-state index contributed by atoms with van der Waals surface area (Å²) in [7, 11) is 1.92. The van der Waals surface area contributed by atoms with E-state index in [0.717, 1.165) is 28.0 Å². The fraction of sp³-hybridized carbons (Fsp3) is 0.0526. The van der Waals surface area contributed by atoms with Gasteiger partial charge in [0.15, 0.2) is 5.65 Å². The third kappa shape index (κ3) is 2.55. The molecule has 0 N–H and O–H groups in total. The maximum Gasteiger partial charge on any atom is 0.221 e. The van der Waals surface area contributed by atoms with Gasteiger partial charge in [0.2, 0.25) is 5.88 Å². The van der Waals surface area contributed by atoms with E-state index < -0.39 is 0 Å². The second-order valence-corrected chi connectivity index (χ2v) is 5.31. The van der Waals surface area contributed by atoms with E-state index in [1.165, 1.54) is 0 Å². The minimum atomic E-state index is 0.560. The summed E-state index contributed by atoms with van der Waals surface area (Å²) in [5.41, 5.74) is 3.82. The van der Waals surface area contributed by atoms with E-state index in [1.54, 1.807) is 6.33 Å². The topological polar surface area (TPSA) is 39.9 Å². The molecular weight excluding hydrogens is 286 g/mol. The van der Waals surface area contributed by atoms with E-state index >= 15 is 0 Å². The minimum Gasteiger partial charge on any atom is -0.438 e. The Balaban J connectivity index is 1.75. The molecule has 0 spiro atoms. The number of para-hydroxylation sites is 1. The summed E-state index contributed by atoms with van der Waals surface area (Å²) >= 11 is 0. The normalized spacial score (nSPS) is 10.8. The summed E-state index contributed by atoms with van der Waals surface area (Å²) in [4.78, 5) is 8.82. The summed E-state index contributed by atoms with van der Waals surface area (Å²) in [5.74, 6) is 1.34. The number of benzene rings is 2. The molecule has 2 aromatic carbocycles. The van der Waals surface area contributed by atoms with E-state index in [0.29, 0.717) is 5.88 Å². The first-order valence-electron chi connectivity index (χ1n) is 7.42. The summed E-state index contributed by atoms with van der Waals surface area (Å²) < 4.78 is 7.92. The molecule has 0 aliphatic carbocycles. The first kappa shape index (κ1) is 13.5. The summed E-state index contributed by atoms with van der Waals surface area (Å²) in [5, 5.41) is 0. The summed E-state index contributed by atoms with van der Waals surface area (Å²) in [6.45, 7) is 0. The van der Waals surface area contributed by atoms with Gasteiger partial charge in [0.25, 0.3) is 0 Å². The number of aryl methyl sites for hydroxylation is 1. The van der Waals surface area contributed by atoms with Crippen molar-refractivity contribution in [2.24, 2.45) is 7.05 Å². The van der Waals surface area contributed by atoms with Crippen molar-refractivity contribution in [1.29, 1.82) is 0 Å². The molecule has 0 aliphatic rings. The molecule has 0 atom stereocenters. The fourth-order valence-electron chi connectivity index (χ4n) is 2.57. The van der Waals surface area contributed by atoms with Crippen molar-refractivity contribution < 1.29 is 4.74 Å². The van der Waals surface area contributed by atoms with Crippen LogP contribution in [0.4, 0.5) is 0 Å². The number of ether oxygens (including phenoxy) is 1. The molecule has 4 rings (SSSR count). The van der Waals surface area contributed by atoms with Crippen molar-refractivity contribution in [2.75, 3.05) is 0 Å². The lowest BCUT2D eigenvalue weighted by molar-refractivity contribution is 0.466. The molecule has 0 radical (unpaired) electrons. The summed E-state index contributed by atoms with van der Waals surface area (Å²) in [6, 6.07) is 21.9. The highest BCUT2D eigenvalue weighted by atomic mass is 16.5. The Labute approximate surface area is 134 Å². The van der Waals surface area contributed by atoms with Gasteiger partial charge in [-0.1, -0.05) is 48.5 Å². The third-order valence-electron chi connectivity index (χ3n) is 3.72. The number of fused-ring (bicyclic) bond motifs is 1. The van der Waals surface area contributed by atoms with Crippen molar-refractivity contribution in [3.8, 4) is 22.8 Å². The first-order chi connectivity index (χ1) is 11.3. The number of hydrogen-bond donors (Lipinski definition) is 0. The SMILES string of the molecule is Cn1cnc2ccc(Oc3ccccc3-c3ccccc3)nc21. The molecule has 0 saturated heterocycles. The molecule has 2 aromatic heterocycles. The van der Waals surface area contributed by atoms with Gasteiger partial charge in [-0.2, -0.15) is 4.98 Å². The molecule has 0 amide bonds. The largest absolute Gasteiger partial charge is 0.438 e. The molecule has 2 heterocycles. The zero-order valence-electron chi connectivity index (χ0n) is 12.7. The van der Waals surface area contributed by atoms with Gasteiger partial charge in [0, 0.05) is 18.7 Å². The molecular formula is C19H15N3O. The van der Waals surface area contributed by atoms with Crippen molar-refractivity contribution in [3.05, 3.63) is 73.1 Å². The Morgan fingerprint density at radius 2 is 1.65 bits per heavy atom. The molecule has 0 unspecified atom stereocenters. The highest BCUT2D eigenvalue weighted by Gasteiger charge is 2.09. The Bertz CT molecular complexity index is 961. The first-order valence-corrected chi connectivity index (χ1v) is 7.42. The van der Waals surface area contributed by atoms with Gasteiger partial charge in [-0.05, 0) is 17.7 Å². The van der Waals surface area contributed by atoms with Crippen LogP contribution in [0.1, 0.15) is 0 Å². The van der Waals surface area contributed by atoms with Crippen LogP contribution in [-0.2, 0) is 7.05 Å². The van der Waals surface area contributed by atoms with Gasteiger partial charge in [-0.3, -0.25) is 0 Å². The lowest BCUT2D eigenvalue weighted by atomic mass is 10.1. The van der Waals surface area contributed by atoms with Gasteiger partial charge in [-0.25, -0.2) is 4.98 Å². The Hall–Kier alpha value is -3.14. The van der Waals surface area contributed by atoms with Crippen LogP contribution in [0.5, 0.6) is 11.6 Å². The second-order valence-electron chi connectivity index (χ2n) is 5.31. The lowest BCUT2D eigenvalue weighted by Crippen LogP contribution is -1.93. The molecule has 23 heavy (non-hydrogen) atoms. The van der Waals surface area contributed by atoms with E-state index in [2.05, 4.69) is 22.1 Å². The zero-order valence-corrected chi connectivity index (χ0v) is 12.7. The second kappa shape index (κ2) is 5.57. The zero-order chi connectivity index (χ0) is 15.6. The van der Waals surface area contributed by atoms with Crippen molar-refractivity contribution in [2.45, 2.75) is 0 Å². The van der Waals surface area contributed by atoms with E-state index in [9.17, 15) is 0 Å². The van der Waals surface area contributed by atoms with Crippen LogP contribution >= 0.6 is 0 Å². The molecule has 0 saturated carbocycles. The highest BCUT2D eigenvalue weighted by molar-refractivity contribution is 5.72. The standard InChI is InChI=1S/C19H15N3O/c1-22-13-20-16-11-12-18(21-19(16)22)23-17-10-6-5-9-15(17)14-7-3-2-4-8-14/h2-13H,1H3. The average molecular weight is 301 g/mol. The van der Waals surface area contributed by atoms with Gasteiger partial charge < -0.3 is 9.30 Å². The molecule has 4 aromatic rings. The van der Waals surface area contributed by atoms with Crippen LogP contribution in [0.15, 0.2) is 73.1 Å². The monoisotopic (exact) mass is 301 g/mol. The number of aromatic nitrogens is 3. The fourth-order valence-corrected chi connectivity index (χ4v) is 2.57. The van der Waals surface area contributed by atoms with Crippen LogP contribution < -0.4 is 4.74 Å². The molecule has 0 aliphatic heterocycles. The van der Waals surface area contributed by atoms with E-state index in [-0.39, 0.29) is 0 Å². The van der Waals surface area contributed by atoms with Crippen LogP contribution in [-0.4, -0.2) is 14.5 Å². The minimum absolute atomic E-state index is 0.560. The molecule has 0 fully saturated rings. The maximum atomic E-state index is 6.04. The molecule has 4 nitrogen and oxygen atoms in total. The summed E-state index contributed by atoms with van der Waals surface area (Å²) in [6.07, 6.45) is 1.75. The Kier molecular flexibility index (Phi) is 3.27. The number of nitrogens with zero attached hydrogens (tertiary/aromatic N) is 3. The lowest BCUT2D eigenvalue weighted by Gasteiger charge is -2.10. The van der Waals surface area contributed by atoms with Gasteiger partial charge in [-0.15, -0.1) is 0 Å². The number of pyridine rings is 1. The van der Waals surface area contributed by atoms with Gasteiger partial charge >= 0.3 is 0 Å². The van der Waals surface area contributed by atoms with Crippen LogP contribution in [0.3, 0.4) is 0 Å². The highest BCUT2D eigenvalue weighted by Crippen LogP contribution is 2.32. The van der Waals surface area contributed by atoms with Crippen molar-refractivity contribution in [1.82, 2.24) is 14.5 Å². The maximum absolute atomic E-state index is 6.04. The third-order valence-corrected chi connectivity index (χ3v) is 3.72. The van der Waals surface area contributed by atoms with Crippen LogP contribution in [0.2, 0.25) is 0 Å².